The van der Waals surface area contributed by atoms with Crippen LogP contribution in [0.2, 0.25) is 0 Å². The molecule has 10 aromatic rings. The Morgan fingerprint density at radius 1 is 0.296 bits per heavy atom. The summed E-state index contributed by atoms with van der Waals surface area (Å²) in [6.45, 7) is 0. The summed E-state index contributed by atoms with van der Waals surface area (Å²) in [6.07, 6.45) is 0. The number of benzene rings is 9. The van der Waals surface area contributed by atoms with Crippen LogP contribution in [0.25, 0.3) is 98.8 Å². The van der Waals surface area contributed by atoms with Crippen LogP contribution in [0.3, 0.4) is 0 Å². The maximum Gasteiger partial charge on any atom is 0.139 e. The van der Waals surface area contributed by atoms with Gasteiger partial charge in [-0.1, -0.05) is 150 Å². The quantitative estimate of drug-likeness (QED) is 0.188. The highest BCUT2D eigenvalue weighted by molar-refractivity contribution is 6.69. The summed E-state index contributed by atoms with van der Waals surface area (Å²) in [5.74, 6) is 0. The second-order valence-corrected chi connectivity index (χ2v) is 14.9. The molecule has 0 atom stereocenters. The van der Waals surface area contributed by atoms with Crippen LogP contribution in [-0.4, -0.2) is 39.2 Å². The summed E-state index contributed by atoms with van der Waals surface area (Å²) < 4.78 is 6.45. The Morgan fingerprint density at radius 2 is 0.796 bits per heavy atom. The van der Waals surface area contributed by atoms with Crippen molar-refractivity contribution >= 4 is 121 Å². The molecule has 0 radical (unpaired) electrons. The molecule has 0 fully saturated rings. The van der Waals surface area contributed by atoms with Crippen LogP contribution in [0.5, 0.6) is 0 Å². The first kappa shape index (κ1) is 32.5. The molecular weight excluding hydrogens is 647 g/mol. The van der Waals surface area contributed by atoms with E-state index in [4.69, 9.17) is 4.42 Å². The highest BCUT2D eigenvalue weighted by Crippen LogP contribution is 2.46. The molecule has 1 heterocycles. The van der Waals surface area contributed by atoms with Crippen LogP contribution in [0.1, 0.15) is 0 Å². The summed E-state index contributed by atoms with van der Waals surface area (Å²) in [6, 6.07) is 55.4. The van der Waals surface area contributed by atoms with Crippen LogP contribution in [0.15, 0.2) is 156 Å². The molecule has 0 aliphatic heterocycles. The van der Waals surface area contributed by atoms with Crippen LogP contribution in [0, 0.1) is 0 Å². The first-order valence-corrected chi connectivity index (χ1v) is 18.9. The van der Waals surface area contributed by atoms with E-state index in [0.717, 1.165) is 21.9 Å². The number of rotatable bonds is 4. The minimum atomic E-state index is 0.905. The summed E-state index contributed by atoms with van der Waals surface area (Å²) in [5.41, 5.74) is 18.7. The van der Waals surface area contributed by atoms with E-state index in [1.807, 2.05) is 6.07 Å². The summed E-state index contributed by atoms with van der Waals surface area (Å²) in [5, 5.41) is 9.88. The molecule has 0 unspecified atom stereocenters. The highest BCUT2D eigenvalue weighted by Gasteiger charge is 2.22. The lowest BCUT2D eigenvalue weighted by molar-refractivity contribution is 0.669. The summed E-state index contributed by atoms with van der Waals surface area (Å²) in [7, 11) is 11.4. The van der Waals surface area contributed by atoms with Gasteiger partial charge in [-0.05, 0) is 83.4 Å². The van der Waals surface area contributed by atoms with E-state index < -0.39 is 0 Å². The van der Waals surface area contributed by atoms with Gasteiger partial charge in [-0.15, -0.1) is 16.4 Å². The standard InChI is InChI=1S/C48H35B5O/c49-44-43(45(50)47(52)48(53)46(44)51)41-34-15-5-3-13-32(34)39(33-14-4-6-16-35(33)41)28-22-20-27(21-23-28)30-24-25-38-42(36-17-7-8-19-37(36)54-38)40(30)31-18-9-11-26-10-1-2-12-29(26)31/h1-25H,49-53H2. The van der Waals surface area contributed by atoms with Gasteiger partial charge in [0.2, 0.25) is 0 Å². The second-order valence-electron chi connectivity index (χ2n) is 14.9. The smallest absolute Gasteiger partial charge is 0.139 e. The van der Waals surface area contributed by atoms with Gasteiger partial charge in [0.15, 0.2) is 0 Å². The van der Waals surface area contributed by atoms with Crippen molar-refractivity contribution in [2.24, 2.45) is 0 Å². The van der Waals surface area contributed by atoms with Crippen molar-refractivity contribution in [1.29, 1.82) is 0 Å². The Balaban J connectivity index is 1.22. The van der Waals surface area contributed by atoms with E-state index in [9.17, 15) is 0 Å². The highest BCUT2D eigenvalue weighted by atomic mass is 16.3. The third kappa shape index (κ3) is 4.79. The average Bonchev–Trinajstić information content (AvgIpc) is 3.60. The zero-order valence-electron chi connectivity index (χ0n) is 31.3. The number of fused-ring (bicyclic) bond motifs is 6. The fraction of sp³-hybridized carbons (Fsp3) is 0. The van der Waals surface area contributed by atoms with E-state index in [1.165, 1.54) is 104 Å². The van der Waals surface area contributed by atoms with Crippen molar-refractivity contribution in [3.05, 3.63) is 152 Å². The maximum atomic E-state index is 6.45. The van der Waals surface area contributed by atoms with Gasteiger partial charge in [0.05, 0.1) is 0 Å². The van der Waals surface area contributed by atoms with Crippen LogP contribution >= 0.6 is 0 Å². The van der Waals surface area contributed by atoms with Crippen LogP contribution in [-0.2, 0) is 0 Å². The SMILES string of the molecule is Bc1c(B)c(B)c(-c2c3ccccc3c(-c3ccc(-c4ccc5oc6ccccc6c5c4-c4cccc5ccccc45)cc3)c3ccccc23)c(B)c1B. The van der Waals surface area contributed by atoms with Crippen molar-refractivity contribution in [3.63, 3.8) is 0 Å². The molecule has 0 saturated carbocycles. The van der Waals surface area contributed by atoms with Crippen molar-refractivity contribution in [2.45, 2.75) is 0 Å². The van der Waals surface area contributed by atoms with Gasteiger partial charge >= 0.3 is 0 Å². The molecule has 10 rings (SSSR count). The van der Waals surface area contributed by atoms with Gasteiger partial charge in [-0.3, -0.25) is 0 Å². The number of furan rings is 1. The Labute approximate surface area is 320 Å². The van der Waals surface area contributed by atoms with Gasteiger partial charge in [0.25, 0.3) is 0 Å². The zero-order chi connectivity index (χ0) is 36.7. The molecule has 0 aliphatic carbocycles. The van der Waals surface area contributed by atoms with Crippen LogP contribution < -0.4 is 27.3 Å². The van der Waals surface area contributed by atoms with Crippen molar-refractivity contribution < 1.29 is 4.42 Å². The Hall–Kier alpha value is -6.12. The van der Waals surface area contributed by atoms with Gasteiger partial charge in [-0.2, -0.15) is 0 Å². The molecule has 0 bridgehead atoms. The van der Waals surface area contributed by atoms with E-state index in [0.29, 0.717) is 0 Å². The zero-order valence-corrected chi connectivity index (χ0v) is 31.3. The van der Waals surface area contributed by atoms with E-state index in [2.05, 4.69) is 185 Å². The molecule has 0 amide bonds. The second kappa shape index (κ2) is 12.5. The minimum Gasteiger partial charge on any atom is -0.456 e. The number of para-hydroxylation sites is 1. The molecule has 54 heavy (non-hydrogen) atoms. The lowest BCUT2D eigenvalue weighted by Crippen LogP contribution is -2.55. The van der Waals surface area contributed by atoms with E-state index in [-0.39, 0.29) is 0 Å². The van der Waals surface area contributed by atoms with Crippen molar-refractivity contribution in [3.8, 4) is 44.5 Å². The average molecular weight is 682 g/mol. The molecule has 0 saturated heterocycles. The van der Waals surface area contributed by atoms with Crippen molar-refractivity contribution in [2.75, 3.05) is 0 Å². The molecule has 0 N–H and O–H groups in total. The lowest BCUT2D eigenvalue weighted by atomic mass is 9.59. The van der Waals surface area contributed by atoms with Gasteiger partial charge in [-0.25, -0.2) is 0 Å². The normalized spacial score (nSPS) is 11.7. The topological polar surface area (TPSA) is 13.1 Å². The maximum absolute atomic E-state index is 6.45. The fourth-order valence-electron chi connectivity index (χ4n) is 9.18. The summed E-state index contributed by atoms with van der Waals surface area (Å²) in [4.78, 5) is 0. The molecule has 6 heteroatoms. The Morgan fingerprint density at radius 3 is 1.44 bits per heavy atom. The first-order valence-electron chi connectivity index (χ1n) is 18.9. The summed E-state index contributed by atoms with van der Waals surface area (Å²) >= 11 is 0. The van der Waals surface area contributed by atoms with Gasteiger partial charge in [0, 0.05) is 16.3 Å². The van der Waals surface area contributed by atoms with E-state index >= 15 is 0 Å². The van der Waals surface area contributed by atoms with Gasteiger partial charge in [0.1, 0.15) is 50.4 Å². The van der Waals surface area contributed by atoms with Crippen LogP contribution in [0.4, 0.5) is 0 Å². The largest absolute Gasteiger partial charge is 0.456 e. The fourth-order valence-corrected chi connectivity index (χ4v) is 9.18. The molecule has 9 aromatic carbocycles. The third-order valence-corrected chi connectivity index (χ3v) is 12.3. The minimum absolute atomic E-state index is 0.905. The predicted octanol–water partition coefficient (Wildman–Crippen LogP) is 5.01. The molecule has 1 aromatic heterocycles. The van der Waals surface area contributed by atoms with Gasteiger partial charge < -0.3 is 4.42 Å². The third-order valence-electron chi connectivity index (χ3n) is 12.3. The molecular formula is C48H35B5O. The molecule has 1 nitrogen and oxygen atoms in total. The first-order chi connectivity index (χ1) is 26.4. The monoisotopic (exact) mass is 682 g/mol. The molecule has 0 spiro atoms. The Bertz CT molecular complexity index is 3070. The predicted molar refractivity (Wildman–Crippen MR) is 249 cm³/mol. The number of hydrogen-bond donors (Lipinski definition) is 0. The van der Waals surface area contributed by atoms with E-state index in [1.54, 1.807) is 0 Å². The Kier molecular flexibility index (Phi) is 7.53. The molecule has 0 aliphatic rings. The molecule has 248 valence electrons. The number of hydrogen-bond acceptors (Lipinski definition) is 1. The lowest BCUT2D eigenvalue weighted by Gasteiger charge is -2.24. The van der Waals surface area contributed by atoms with Crippen molar-refractivity contribution in [1.82, 2.24) is 0 Å².